The van der Waals surface area contributed by atoms with Gasteiger partial charge in [-0.25, -0.2) is 4.79 Å². The van der Waals surface area contributed by atoms with Crippen LogP contribution in [0.3, 0.4) is 0 Å². The second kappa shape index (κ2) is 4.53. The van der Waals surface area contributed by atoms with Gasteiger partial charge in [0.15, 0.2) is 0 Å². The number of amides is 1. The summed E-state index contributed by atoms with van der Waals surface area (Å²) in [4.78, 5) is 13.3. The molecule has 0 aliphatic carbocycles. The van der Waals surface area contributed by atoms with Crippen molar-refractivity contribution in [2.24, 2.45) is 5.73 Å². The highest BCUT2D eigenvalue weighted by Crippen LogP contribution is 2.24. The molecule has 2 rings (SSSR count). The highest BCUT2D eigenvalue weighted by atomic mass is 16.6. The van der Waals surface area contributed by atoms with E-state index in [1.165, 1.54) is 0 Å². The quantitative estimate of drug-likeness (QED) is 0.826. The summed E-state index contributed by atoms with van der Waals surface area (Å²) >= 11 is 0. The Hall–Kier alpha value is -1.55. The van der Waals surface area contributed by atoms with Crippen molar-refractivity contribution in [1.82, 2.24) is 0 Å². The zero-order valence-corrected chi connectivity index (χ0v) is 9.40. The monoisotopic (exact) mass is 220 g/mol. The molecule has 1 aliphatic heterocycles. The molecule has 0 unspecified atom stereocenters. The van der Waals surface area contributed by atoms with Crippen molar-refractivity contribution in [2.75, 3.05) is 18.1 Å². The maximum Gasteiger partial charge on any atom is 0.414 e. The second-order valence-corrected chi connectivity index (χ2v) is 3.94. The molecule has 1 fully saturated rings. The Morgan fingerprint density at radius 3 is 3.00 bits per heavy atom. The van der Waals surface area contributed by atoms with E-state index in [9.17, 15) is 4.79 Å². The van der Waals surface area contributed by atoms with Gasteiger partial charge in [0.1, 0.15) is 0 Å². The molecule has 0 bridgehead atoms. The van der Waals surface area contributed by atoms with Crippen molar-refractivity contribution in [3.63, 3.8) is 0 Å². The summed E-state index contributed by atoms with van der Waals surface area (Å²) in [7, 11) is 0. The molecular weight excluding hydrogens is 204 g/mol. The van der Waals surface area contributed by atoms with Crippen molar-refractivity contribution >= 4 is 11.8 Å². The number of carbonyl (C=O) groups excluding carboxylic acids is 1. The Kier molecular flexibility index (Phi) is 3.10. The van der Waals surface area contributed by atoms with E-state index in [0.29, 0.717) is 19.7 Å². The predicted octanol–water partition coefficient (Wildman–Crippen LogP) is 1.80. The fraction of sp³-hybridized carbons (Fsp3) is 0.417. The van der Waals surface area contributed by atoms with Crippen molar-refractivity contribution in [1.29, 1.82) is 0 Å². The van der Waals surface area contributed by atoms with Crippen LogP contribution < -0.4 is 10.6 Å². The third kappa shape index (κ3) is 2.02. The van der Waals surface area contributed by atoms with Gasteiger partial charge < -0.3 is 10.5 Å². The molecule has 4 nitrogen and oxygen atoms in total. The maximum atomic E-state index is 11.6. The third-order valence-corrected chi connectivity index (χ3v) is 2.77. The number of ether oxygens (including phenoxy) is 1. The van der Waals surface area contributed by atoms with E-state index < -0.39 is 0 Å². The van der Waals surface area contributed by atoms with Gasteiger partial charge in [-0.05, 0) is 30.5 Å². The first kappa shape index (κ1) is 11.0. The largest absolute Gasteiger partial charge is 0.449 e. The molecule has 0 saturated carbocycles. The first-order valence-corrected chi connectivity index (χ1v) is 5.46. The molecule has 1 saturated heterocycles. The zero-order chi connectivity index (χ0) is 11.5. The van der Waals surface area contributed by atoms with Crippen LogP contribution in [0.25, 0.3) is 0 Å². The van der Waals surface area contributed by atoms with Crippen LogP contribution in [0.5, 0.6) is 0 Å². The van der Waals surface area contributed by atoms with Crippen LogP contribution in [0, 0.1) is 6.92 Å². The third-order valence-electron chi connectivity index (χ3n) is 2.77. The van der Waals surface area contributed by atoms with Crippen LogP contribution >= 0.6 is 0 Å². The number of anilines is 1. The number of hydrogen-bond donors (Lipinski definition) is 1. The Balaban J connectivity index is 2.33. The molecule has 1 aromatic carbocycles. The van der Waals surface area contributed by atoms with Crippen molar-refractivity contribution < 1.29 is 9.53 Å². The minimum Gasteiger partial charge on any atom is -0.449 e. The Bertz CT molecular complexity index is 404. The molecule has 0 aromatic heterocycles. The lowest BCUT2D eigenvalue weighted by atomic mass is 10.1. The standard InChI is InChI=1S/C12H16N2O2/c1-9-3-4-10(8-13)7-11(9)14-5-2-6-16-12(14)15/h3-4,7H,2,5-6,8,13H2,1H3. The molecule has 0 radical (unpaired) electrons. The summed E-state index contributed by atoms with van der Waals surface area (Å²) in [5, 5.41) is 0. The van der Waals surface area contributed by atoms with Crippen molar-refractivity contribution in [3.05, 3.63) is 29.3 Å². The first-order chi connectivity index (χ1) is 7.72. The summed E-state index contributed by atoms with van der Waals surface area (Å²) < 4.78 is 5.03. The van der Waals surface area contributed by atoms with Gasteiger partial charge in [-0.15, -0.1) is 0 Å². The molecule has 16 heavy (non-hydrogen) atoms. The minimum absolute atomic E-state index is 0.261. The van der Waals surface area contributed by atoms with E-state index in [0.717, 1.165) is 23.2 Å². The van der Waals surface area contributed by atoms with Gasteiger partial charge in [-0.1, -0.05) is 12.1 Å². The summed E-state index contributed by atoms with van der Waals surface area (Å²) in [5.41, 5.74) is 8.60. The summed E-state index contributed by atoms with van der Waals surface area (Å²) in [5.74, 6) is 0. The number of benzene rings is 1. The average Bonchev–Trinajstić information content (AvgIpc) is 2.31. The SMILES string of the molecule is Cc1ccc(CN)cc1N1CCCOC1=O. The molecule has 86 valence electrons. The van der Waals surface area contributed by atoms with E-state index >= 15 is 0 Å². The Morgan fingerprint density at radius 2 is 2.31 bits per heavy atom. The lowest BCUT2D eigenvalue weighted by Crippen LogP contribution is -2.38. The summed E-state index contributed by atoms with van der Waals surface area (Å²) in [6, 6.07) is 5.93. The maximum absolute atomic E-state index is 11.6. The lowest BCUT2D eigenvalue weighted by molar-refractivity contribution is 0.140. The summed E-state index contributed by atoms with van der Waals surface area (Å²) in [6.45, 7) is 3.70. The molecule has 1 aromatic rings. The van der Waals surface area contributed by atoms with Crippen LogP contribution in [0.4, 0.5) is 10.5 Å². The lowest BCUT2D eigenvalue weighted by Gasteiger charge is -2.28. The number of hydrogen-bond acceptors (Lipinski definition) is 3. The highest BCUT2D eigenvalue weighted by Gasteiger charge is 2.22. The van der Waals surface area contributed by atoms with Gasteiger partial charge >= 0.3 is 6.09 Å². The van der Waals surface area contributed by atoms with Crippen molar-refractivity contribution in [3.8, 4) is 0 Å². The fourth-order valence-electron chi connectivity index (χ4n) is 1.84. The topological polar surface area (TPSA) is 55.6 Å². The van der Waals surface area contributed by atoms with Gasteiger partial charge in [-0.3, -0.25) is 4.90 Å². The average molecular weight is 220 g/mol. The smallest absolute Gasteiger partial charge is 0.414 e. The van der Waals surface area contributed by atoms with Gasteiger partial charge in [0.2, 0.25) is 0 Å². The Labute approximate surface area is 95.0 Å². The normalized spacial score (nSPS) is 16.1. The molecule has 1 heterocycles. The van der Waals surface area contributed by atoms with Gasteiger partial charge in [-0.2, -0.15) is 0 Å². The van der Waals surface area contributed by atoms with Crippen LogP contribution in [-0.2, 0) is 11.3 Å². The highest BCUT2D eigenvalue weighted by molar-refractivity contribution is 5.89. The van der Waals surface area contributed by atoms with Crippen molar-refractivity contribution in [2.45, 2.75) is 19.9 Å². The summed E-state index contributed by atoms with van der Waals surface area (Å²) in [6.07, 6.45) is 0.612. The number of cyclic esters (lactones) is 1. The molecule has 4 heteroatoms. The van der Waals surface area contributed by atoms with Crippen LogP contribution in [0.1, 0.15) is 17.5 Å². The molecule has 1 amide bonds. The molecule has 0 spiro atoms. The predicted molar refractivity (Wildman–Crippen MR) is 62.4 cm³/mol. The molecule has 1 aliphatic rings. The van der Waals surface area contributed by atoms with E-state index in [2.05, 4.69) is 0 Å². The number of nitrogens with two attached hydrogens (primary N) is 1. The van der Waals surface area contributed by atoms with Crippen LogP contribution in [-0.4, -0.2) is 19.2 Å². The number of aryl methyl sites for hydroxylation is 1. The fourth-order valence-corrected chi connectivity index (χ4v) is 1.84. The number of rotatable bonds is 2. The first-order valence-electron chi connectivity index (χ1n) is 5.46. The van der Waals surface area contributed by atoms with Gasteiger partial charge in [0, 0.05) is 13.1 Å². The van der Waals surface area contributed by atoms with E-state index in [4.69, 9.17) is 10.5 Å². The molecule has 0 atom stereocenters. The second-order valence-electron chi connectivity index (χ2n) is 3.94. The van der Waals surface area contributed by atoms with Crippen LogP contribution in [0.2, 0.25) is 0 Å². The molecule has 2 N–H and O–H groups in total. The van der Waals surface area contributed by atoms with E-state index in [1.54, 1.807) is 4.90 Å². The van der Waals surface area contributed by atoms with E-state index in [-0.39, 0.29) is 6.09 Å². The zero-order valence-electron chi connectivity index (χ0n) is 9.40. The van der Waals surface area contributed by atoms with E-state index in [1.807, 2.05) is 25.1 Å². The number of nitrogens with zero attached hydrogens (tertiary/aromatic N) is 1. The van der Waals surface area contributed by atoms with Gasteiger partial charge in [0.25, 0.3) is 0 Å². The minimum atomic E-state index is -0.261. The van der Waals surface area contributed by atoms with Gasteiger partial charge in [0.05, 0.1) is 12.3 Å². The number of carbonyl (C=O) groups is 1. The Morgan fingerprint density at radius 1 is 1.50 bits per heavy atom. The van der Waals surface area contributed by atoms with Crippen LogP contribution in [0.15, 0.2) is 18.2 Å². The molecular formula is C12H16N2O2.